The summed E-state index contributed by atoms with van der Waals surface area (Å²) in [4.78, 5) is 24.0. The number of aliphatic hydroxyl groups is 1. The number of anilines is 1. The average molecular weight is 340 g/mol. The van der Waals surface area contributed by atoms with E-state index in [1.165, 1.54) is 11.3 Å². The lowest BCUT2D eigenvalue weighted by Gasteiger charge is -2.10. The molecular formula is C15H14F2N2O3S. The molecule has 2 rings (SSSR count). The molecule has 8 heteroatoms. The van der Waals surface area contributed by atoms with Gasteiger partial charge in [-0.2, -0.15) is 0 Å². The molecule has 0 bridgehead atoms. The third-order valence-electron chi connectivity index (χ3n) is 2.96. The quantitative estimate of drug-likeness (QED) is 0.730. The summed E-state index contributed by atoms with van der Waals surface area (Å²) in [5.74, 6) is -4.09. The van der Waals surface area contributed by atoms with E-state index in [9.17, 15) is 23.5 Å². The highest BCUT2D eigenvalue weighted by molar-refractivity contribution is 7.10. The highest BCUT2D eigenvalue weighted by Crippen LogP contribution is 2.20. The maximum atomic E-state index is 13.0. The largest absolute Gasteiger partial charge is 0.388 e. The van der Waals surface area contributed by atoms with E-state index in [4.69, 9.17) is 0 Å². The lowest BCUT2D eigenvalue weighted by molar-refractivity contribution is -0.136. The molecule has 1 aromatic carbocycles. The molecule has 0 aliphatic rings. The van der Waals surface area contributed by atoms with Crippen molar-refractivity contribution in [2.24, 2.45) is 0 Å². The lowest BCUT2D eigenvalue weighted by Crippen LogP contribution is -2.36. The van der Waals surface area contributed by atoms with E-state index in [1.807, 2.05) is 5.38 Å². The lowest BCUT2D eigenvalue weighted by atomic mass is 10.2. The van der Waals surface area contributed by atoms with Gasteiger partial charge >= 0.3 is 11.8 Å². The Hall–Kier alpha value is -2.32. The molecule has 0 aliphatic heterocycles. The molecule has 0 fully saturated rings. The van der Waals surface area contributed by atoms with Crippen LogP contribution < -0.4 is 10.6 Å². The Morgan fingerprint density at radius 1 is 1.17 bits per heavy atom. The maximum absolute atomic E-state index is 13.0. The number of rotatable bonds is 5. The first-order valence-corrected chi connectivity index (χ1v) is 7.61. The minimum Gasteiger partial charge on any atom is -0.388 e. The third-order valence-corrected chi connectivity index (χ3v) is 3.93. The summed E-state index contributed by atoms with van der Waals surface area (Å²) in [5.41, 5.74) is -0.0253. The molecular weight excluding hydrogens is 326 g/mol. The zero-order valence-corrected chi connectivity index (χ0v) is 12.7. The number of carbonyl (C=O) groups excluding carboxylic acids is 2. The van der Waals surface area contributed by atoms with Crippen molar-refractivity contribution >= 4 is 28.8 Å². The van der Waals surface area contributed by atoms with Crippen molar-refractivity contribution in [3.05, 3.63) is 52.2 Å². The Balaban J connectivity index is 1.78. The van der Waals surface area contributed by atoms with Crippen molar-refractivity contribution < 1.29 is 23.5 Å². The first-order chi connectivity index (χ1) is 11.0. The van der Waals surface area contributed by atoms with Gasteiger partial charge in [0.15, 0.2) is 11.6 Å². The number of nitrogens with one attached hydrogen (secondary N) is 2. The molecule has 0 radical (unpaired) electrons. The number of thiophene rings is 1. The van der Waals surface area contributed by atoms with Crippen LogP contribution in [0.1, 0.15) is 17.4 Å². The van der Waals surface area contributed by atoms with Gasteiger partial charge in [-0.3, -0.25) is 9.59 Å². The molecule has 2 amide bonds. The van der Waals surface area contributed by atoms with Crippen LogP contribution in [0.25, 0.3) is 0 Å². The topological polar surface area (TPSA) is 78.4 Å². The summed E-state index contributed by atoms with van der Waals surface area (Å²) in [6, 6.07) is 6.34. The molecule has 0 aliphatic carbocycles. The summed E-state index contributed by atoms with van der Waals surface area (Å²) in [5, 5.41) is 16.2. The fourth-order valence-corrected chi connectivity index (χ4v) is 2.53. The SMILES string of the molecule is O=C(NCCC(O)c1cccs1)C(=O)Nc1ccc(F)c(F)c1. The number of aliphatic hydroxyl groups excluding tert-OH is 1. The van der Waals surface area contributed by atoms with Crippen LogP contribution in [0.3, 0.4) is 0 Å². The van der Waals surface area contributed by atoms with Crippen LogP contribution in [-0.2, 0) is 9.59 Å². The molecule has 5 nitrogen and oxygen atoms in total. The van der Waals surface area contributed by atoms with Crippen molar-refractivity contribution in [1.29, 1.82) is 0 Å². The third kappa shape index (κ3) is 4.83. The Morgan fingerprint density at radius 3 is 2.61 bits per heavy atom. The summed E-state index contributed by atoms with van der Waals surface area (Å²) in [6.07, 6.45) is -0.463. The van der Waals surface area contributed by atoms with Gasteiger partial charge in [0.25, 0.3) is 0 Å². The highest BCUT2D eigenvalue weighted by atomic mass is 32.1. The Labute approximate surface area is 135 Å². The van der Waals surface area contributed by atoms with Gasteiger partial charge in [0, 0.05) is 23.2 Å². The molecule has 1 atom stereocenters. The zero-order chi connectivity index (χ0) is 16.8. The standard InChI is InChI=1S/C15H14F2N2O3S/c16-10-4-3-9(8-11(10)17)19-15(22)14(21)18-6-5-12(20)13-2-1-7-23-13/h1-4,7-8,12,20H,5-6H2,(H,18,21)(H,19,22). The molecule has 2 aromatic rings. The molecule has 3 N–H and O–H groups in total. The van der Waals surface area contributed by atoms with Crippen LogP contribution in [0.5, 0.6) is 0 Å². The van der Waals surface area contributed by atoms with Gasteiger partial charge < -0.3 is 15.7 Å². The number of benzene rings is 1. The fraction of sp³-hybridized carbons (Fsp3) is 0.200. The molecule has 1 heterocycles. The number of halogens is 2. The van der Waals surface area contributed by atoms with Crippen LogP contribution in [-0.4, -0.2) is 23.5 Å². The van der Waals surface area contributed by atoms with E-state index in [1.54, 1.807) is 12.1 Å². The Kier molecular flexibility index (Phi) is 5.78. The second-order valence-electron chi connectivity index (χ2n) is 4.66. The Morgan fingerprint density at radius 2 is 1.96 bits per heavy atom. The van der Waals surface area contributed by atoms with Crippen molar-refractivity contribution in [3.8, 4) is 0 Å². The molecule has 1 aromatic heterocycles. The van der Waals surface area contributed by atoms with Gasteiger partial charge in [0.2, 0.25) is 0 Å². The van der Waals surface area contributed by atoms with E-state index in [0.717, 1.165) is 23.1 Å². The van der Waals surface area contributed by atoms with Crippen molar-refractivity contribution in [1.82, 2.24) is 5.32 Å². The summed E-state index contributed by atoms with van der Waals surface area (Å²) in [6.45, 7) is 0.100. The minimum atomic E-state index is -1.12. The van der Waals surface area contributed by atoms with E-state index in [0.29, 0.717) is 0 Å². The van der Waals surface area contributed by atoms with E-state index >= 15 is 0 Å². The van der Waals surface area contributed by atoms with Gasteiger partial charge in [-0.15, -0.1) is 11.3 Å². The van der Waals surface area contributed by atoms with Crippen LogP contribution in [0.4, 0.5) is 14.5 Å². The zero-order valence-electron chi connectivity index (χ0n) is 11.9. The smallest absolute Gasteiger partial charge is 0.313 e. The molecule has 122 valence electrons. The molecule has 0 saturated carbocycles. The first-order valence-electron chi connectivity index (χ1n) is 6.73. The van der Waals surface area contributed by atoms with E-state index < -0.39 is 29.6 Å². The summed E-state index contributed by atoms with van der Waals surface area (Å²) < 4.78 is 25.8. The monoisotopic (exact) mass is 340 g/mol. The van der Waals surface area contributed by atoms with Crippen molar-refractivity contribution in [2.45, 2.75) is 12.5 Å². The fourth-order valence-electron chi connectivity index (χ4n) is 1.79. The van der Waals surface area contributed by atoms with Gasteiger partial charge in [0.1, 0.15) is 0 Å². The van der Waals surface area contributed by atoms with Gasteiger partial charge in [0.05, 0.1) is 6.10 Å². The summed E-state index contributed by atoms with van der Waals surface area (Å²) >= 11 is 1.39. The van der Waals surface area contributed by atoms with Gasteiger partial charge in [-0.05, 0) is 30.0 Å². The number of hydrogen-bond acceptors (Lipinski definition) is 4. The molecule has 23 heavy (non-hydrogen) atoms. The average Bonchev–Trinajstić information content (AvgIpc) is 3.05. The predicted molar refractivity (Wildman–Crippen MR) is 81.9 cm³/mol. The van der Waals surface area contributed by atoms with Crippen LogP contribution in [0, 0.1) is 11.6 Å². The molecule has 1 unspecified atom stereocenters. The normalized spacial score (nSPS) is 11.8. The predicted octanol–water partition coefficient (Wildman–Crippen LogP) is 2.20. The number of carbonyl (C=O) groups is 2. The van der Waals surface area contributed by atoms with Crippen LogP contribution >= 0.6 is 11.3 Å². The number of hydrogen-bond donors (Lipinski definition) is 3. The van der Waals surface area contributed by atoms with Gasteiger partial charge in [-0.25, -0.2) is 8.78 Å². The second-order valence-corrected chi connectivity index (χ2v) is 5.64. The molecule has 0 spiro atoms. The second kappa shape index (κ2) is 7.80. The number of amides is 2. The van der Waals surface area contributed by atoms with E-state index in [-0.39, 0.29) is 18.7 Å². The van der Waals surface area contributed by atoms with Crippen molar-refractivity contribution in [2.75, 3.05) is 11.9 Å². The summed E-state index contributed by atoms with van der Waals surface area (Å²) in [7, 11) is 0. The van der Waals surface area contributed by atoms with Crippen LogP contribution in [0.15, 0.2) is 35.7 Å². The first kappa shape index (κ1) is 17.0. The minimum absolute atomic E-state index is 0.0253. The maximum Gasteiger partial charge on any atom is 0.313 e. The van der Waals surface area contributed by atoms with Crippen molar-refractivity contribution in [3.63, 3.8) is 0 Å². The van der Waals surface area contributed by atoms with Gasteiger partial charge in [-0.1, -0.05) is 6.07 Å². The van der Waals surface area contributed by atoms with Crippen LogP contribution in [0.2, 0.25) is 0 Å². The van der Waals surface area contributed by atoms with E-state index in [2.05, 4.69) is 10.6 Å². The highest BCUT2D eigenvalue weighted by Gasteiger charge is 2.15. The Bertz CT molecular complexity index is 692. The molecule has 0 saturated heterocycles.